The largest absolute Gasteiger partial charge is 0.457 e. The van der Waals surface area contributed by atoms with E-state index >= 15 is 0 Å². The second-order valence-electron chi connectivity index (χ2n) is 4.23. The van der Waals surface area contributed by atoms with E-state index in [0.29, 0.717) is 18.0 Å². The van der Waals surface area contributed by atoms with Crippen molar-refractivity contribution in [2.75, 3.05) is 0 Å². The van der Waals surface area contributed by atoms with Crippen molar-refractivity contribution >= 4 is 9.84 Å². The zero-order valence-corrected chi connectivity index (χ0v) is 11.7. The van der Waals surface area contributed by atoms with Crippen molar-refractivity contribution in [3.8, 4) is 11.5 Å². The number of nitrogens with two attached hydrogens (primary N) is 1. The Labute approximate surface area is 121 Å². The Hall–Kier alpha value is -1.99. The molecular weight excluding hydrogens is 300 g/mol. The molecule has 0 aliphatic heterocycles. The lowest BCUT2D eigenvalue weighted by Gasteiger charge is -2.08. The molecule has 0 radical (unpaired) electrons. The van der Waals surface area contributed by atoms with E-state index in [0.717, 1.165) is 17.7 Å². The van der Waals surface area contributed by atoms with Crippen LogP contribution in [0.3, 0.4) is 0 Å². The smallest absolute Gasteiger partial charge is 0.341 e. The number of ether oxygens (including phenoxy) is 1. The second kappa shape index (κ2) is 6.19. The predicted octanol–water partition coefficient (Wildman–Crippen LogP) is 2.93. The summed E-state index contributed by atoms with van der Waals surface area (Å²) in [4.78, 5) is -0.441. The summed E-state index contributed by atoms with van der Waals surface area (Å²) in [7, 11) is -4.58. The maximum Gasteiger partial charge on any atom is 0.341 e. The SMILES string of the molecule is NCc1ccc(Oc2ccc(S(=O)(=O)C(F)F)cc2)cc1. The van der Waals surface area contributed by atoms with E-state index in [-0.39, 0.29) is 0 Å². The standard InChI is InChI=1S/C14H13F2NO3S/c15-14(16)21(18,19)13-7-5-12(6-8-13)20-11-3-1-10(9-17)2-4-11/h1-8,14H,9,17H2. The van der Waals surface area contributed by atoms with E-state index in [2.05, 4.69) is 0 Å². The minimum Gasteiger partial charge on any atom is -0.457 e. The van der Waals surface area contributed by atoms with Crippen molar-refractivity contribution < 1.29 is 21.9 Å². The molecule has 2 rings (SSSR count). The Bertz CT molecular complexity index is 698. The van der Waals surface area contributed by atoms with Gasteiger partial charge in [-0.2, -0.15) is 8.78 Å². The first kappa shape index (κ1) is 15.4. The zero-order chi connectivity index (χ0) is 15.5. The third-order valence-electron chi connectivity index (χ3n) is 2.78. The molecule has 0 heterocycles. The van der Waals surface area contributed by atoms with Gasteiger partial charge in [0.25, 0.3) is 0 Å². The molecule has 0 amide bonds. The molecule has 7 heteroatoms. The molecule has 0 fully saturated rings. The van der Waals surface area contributed by atoms with Crippen LogP contribution in [-0.2, 0) is 16.4 Å². The third-order valence-corrected chi connectivity index (χ3v) is 4.18. The number of rotatable bonds is 5. The van der Waals surface area contributed by atoms with Crippen LogP contribution in [0.1, 0.15) is 5.56 Å². The van der Waals surface area contributed by atoms with E-state index in [1.165, 1.54) is 12.1 Å². The van der Waals surface area contributed by atoms with Gasteiger partial charge in [-0.05, 0) is 42.0 Å². The minimum absolute atomic E-state index is 0.351. The molecule has 2 N–H and O–H groups in total. The Morgan fingerprint density at radius 3 is 1.86 bits per heavy atom. The fourth-order valence-corrected chi connectivity index (χ4v) is 2.35. The maximum absolute atomic E-state index is 12.4. The number of alkyl halides is 2. The lowest BCUT2D eigenvalue weighted by molar-refractivity contribution is 0.234. The zero-order valence-electron chi connectivity index (χ0n) is 10.9. The van der Waals surface area contributed by atoms with Gasteiger partial charge in [0.05, 0.1) is 4.90 Å². The Kier molecular flexibility index (Phi) is 4.54. The van der Waals surface area contributed by atoms with Crippen molar-refractivity contribution in [1.82, 2.24) is 0 Å². The molecule has 0 aliphatic carbocycles. The molecule has 0 aromatic heterocycles. The molecule has 0 bridgehead atoms. The summed E-state index contributed by atoms with van der Waals surface area (Å²) in [5.41, 5.74) is 6.42. The molecule has 0 atom stereocenters. The first-order valence-electron chi connectivity index (χ1n) is 6.02. The van der Waals surface area contributed by atoms with E-state index in [4.69, 9.17) is 10.5 Å². The highest BCUT2D eigenvalue weighted by molar-refractivity contribution is 7.91. The summed E-state index contributed by atoms with van der Waals surface area (Å²) in [6.07, 6.45) is 0. The van der Waals surface area contributed by atoms with Crippen molar-refractivity contribution in [3.05, 3.63) is 54.1 Å². The highest BCUT2D eigenvalue weighted by Gasteiger charge is 2.26. The molecule has 2 aromatic carbocycles. The van der Waals surface area contributed by atoms with Crippen LogP contribution in [-0.4, -0.2) is 14.2 Å². The van der Waals surface area contributed by atoms with Gasteiger partial charge in [0, 0.05) is 6.54 Å². The summed E-state index contributed by atoms with van der Waals surface area (Å²) in [6.45, 7) is 0.417. The Balaban J connectivity index is 2.15. The normalized spacial score (nSPS) is 11.6. The molecule has 0 spiro atoms. The summed E-state index contributed by atoms with van der Waals surface area (Å²) in [5, 5.41) is 0. The molecule has 0 saturated heterocycles. The van der Waals surface area contributed by atoms with Crippen LogP contribution in [0.15, 0.2) is 53.4 Å². The molecule has 2 aromatic rings. The number of benzene rings is 2. The summed E-state index contributed by atoms with van der Waals surface area (Å²) in [5.74, 6) is -2.55. The van der Waals surface area contributed by atoms with Crippen molar-refractivity contribution in [3.63, 3.8) is 0 Å². The van der Waals surface area contributed by atoms with Gasteiger partial charge in [-0.3, -0.25) is 0 Å². The molecular formula is C14H13F2NO3S. The maximum atomic E-state index is 12.4. The number of hydrogen-bond donors (Lipinski definition) is 1. The summed E-state index contributed by atoms with van der Waals surface area (Å²) in [6, 6.07) is 11.8. The van der Waals surface area contributed by atoms with Gasteiger partial charge in [-0.15, -0.1) is 0 Å². The average molecular weight is 313 g/mol. The summed E-state index contributed by atoms with van der Waals surface area (Å²) >= 11 is 0. The lowest BCUT2D eigenvalue weighted by Crippen LogP contribution is -2.11. The van der Waals surface area contributed by atoms with E-state index in [1.807, 2.05) is 0 Å². The fraction of sp³-hybridized carbons (Fsp3) is 0.143. The monoisotopic (exact) mass is 313 g/mol. The van der Waals surface area contributed by atoms with E-state index < -0.39 is 20.5 Å². The van der Waals surface area contributed by atoms with Crippen LogP contribution in [0.4, 0.5) is 8.78 Å². The highest BCUT2D eigenvalue weighted by Crippen LogP contribution is 2.25. The molecule has 0 unspecified atom stereocenters. The summed E-state index contributed by atoms with van der Waals surface area (Å²) < 4.78 is 52.8. The Morgan fingerprint density at radius 2 is 1.43 bits per heavy atom. The first-order valence-corrected chi connectivity index (χ1v) is 7.57. The topological polar surface area (TPSA) is 69.4 Å². The van der Waals surface area contributed by atoms with Crippen LogP contribution < -0.4 is 10.5 Å². The second-order valence-corrected chi connectivity index (χ2v) is 6.14. The van der Waals surface area contributed by atoms with Crippen molar-refractivity contribution in [2.45, 2.75) is 17.2 Å². The molecule has 4 nitrogen and oxygen atoms in total. The van der Waals surface area contributed by atoms with Crippen molar-refractivity contribution in [2.24, 2.45) is 5.73 Å². The van der Waals surface area contributed by atoms with Gasteiger partial charge in [0.1, 0.15) is 11.5 Å². The Morgan fingerprint density at radius 1 is 0.952 bits per heavy atom. The number of hydrogen-bond acceptors (Lipinski definition) is 4. The van der Waals surface area contributed by atoms with Gasteiger partial charge in [-0.1, -0.05) is 12.1 Å². The molecule has 21 heavy (non-hydrogen) atoms. The van der Waals surface area contributed by atoms with Crippen LogP contribution in [0.25, 0.3) is 0 Å². The lowest BCUT2D eigenvalue weighted by atomic mass is 10.2. The van der Waals surface area contributed by atoms with Gasteiger partial charge >= 0.3 is 5.76 Å². The van der Waals surface area contributed by atoms with E-state index in [9.17, 15) is 17.2 Å². The minimum atomic E-state index is -4.58. The molecule has 0 saturated carbocycles. The van der Waals surface area contributed by atoms with Gasteiger partial charge in [0.15, 0.2) is 0 Å². The quantitative estimate of drug-likeness (QED) is 0.921. The first-order chi connectivity index (χ1) is 9.93. The highest BCUT2D eigenvalue weighted by atomic mass is 32.2. The fourth-order valence-electron chi connectivity index (χ4n) is 1.63. The molecule has 112 valence electrons. The van der Waals surface area contributed by atoms with E-state index in [1.54, 1.807) is 24.3 Å². The predicted molar refractivity (Wildman–Crippen MR) is 74.0 cm³/mol. The third kappa shape index (κ3) is 3.56. The average Bonchev–Trinajstić information content (AvgIpc) is 2.48. The van der Waals surface area contributed by atoms with Crippen LogP contribution >= 0.6 is 0 Å². The molecule has 0 aliphatic rings. The van der Waals surface area contributed by atoms with Gasteiger partial charge in [-0.25, -0.2) is 8.42 Å². The van der Waals surface area contributed by atoms with Crippen LogP contribution in [0, 0.1) is 0 Å². The number of sulfone groups is 1. The van der Waals surface area contributed by atoms with Gasteiger partial charge in [0.2, 0.25) is 9.84 Å². The van der Waals surface area contributed by atoms with Crippen LogP contribution in [0.5, 0.6) is 11.5 Å². The number of halogens is 2. The van der Waals surface area contributed by atoms with Crippen molar-refractivity contribution in [1.29, 1.82) is 0 Å². The van der Waals surface area contributed by atoms with Crippen LogP contribution in [0.2, 0.25) is 0 Å². The van der Waals surface area contributed by atoms with Gasteiger partial charge < -0.3 is 10.5 Å².